The van der Waals surface area contributed by atoms with Crippen molar-refractivity contribution in [1.82, 2.24) is 0 Å². The number of para-hydroxylation sites is 1. The van der Waals surface area contributed by atoms with Gasteiger partial charge in [0.15, 0.2) is 0 Å². The monoisotopic (exact) mass is 221 g/mol. The molecular weight excluding hydrogens is 209 g/mol. The third-order valence-electron chi connectivity index (χ3n) is 2.03. The molecule has 1 aromatic carbocycles. The Morgan fingerprint density at radius 1 is 1.14 bits per heavy atom. The minimum absolute atomic E-state index is 1.19. The van der Waals surface area contributed by atoms with E-state index in [-0.39, 0.29) is 0 Å². The van der Waals surface area contributed by atoms with Gasteiger partial charge in [0.2, 0.25) is 0 Å². The maximum Gasteiger partial charge on any atom is 0.0551 e. The molecule has 2 rings (SSSR count). The molecule has 1 unspecified atom stereocenters. The van der Waals surface area contributed by atoms with Gasteiger partial charge < -0.3 is 4.67 Å². The van der Waals surface area contributed by atoms with Gasteiger partial charge in [-0.05, 0) is 34.5 Å². The highest BCUT2D eigenvalue weighted by atomic mass is 32.1. The number of benzene rings is 1. The number of thiophene rings is 1. The largest absolute Gasteiger partial charge is 0.325 e. The van der Waals surface area contributed by atoms with Crippen LogP contribution in [-0.4, -0.2) is 0 Å². The molecule has 0 aliphatic rings. The summed E-state index contributed by atoms with van der Waals surface area (Å²) in [7, 11) is 2.74. The second-order valence-corrected chi connectivity index (χ2v) is 4.75. The average molecular weight is 221 g/mol. The van der Waals surface area contributed by atoms with Crippen molar-refractivity contribution in [2.24, 2.45) is 0 Å². The molecule has 0 radical (unpaired) electrons. The molecule has 0 aliphatic heterocycles. The molecule has 0 fully saturated rings. The van der Waals surface area contributed by atoms with E-state index >= 15 is 0 Å². The fourth-order valence-corrected chi connectivity index (χ4v) is 2.40. The predicted octanol–water partition coefficient (Wildman–Crippen LogP) is 3.98. The molecular formula is C11H12NPS. The molecule has 3 heteroatoms. The number of aryl methyl sites for hydroxylation is 1. The summed E-state index contributed by atoms with van der Waals surface area (Å²) in [5.41, 5.74) is 2.42. The number of rotatable bonds is 2. The molecule has 1 aromatic heterocycles. The van der Waals surface area contributed by atoms with Crippen LogP contribution < -0.4 is 4.67 Å². The second-order valence-electron chi connectivity index (χ2n) is 3.12. The van der Waals surface area contributed by atoms with Crippen molar-refractivity contribution in [3.63, 3.8) is 0 Å². The van der Waals surface area contributed by atoms with Crippen molar-refractivity contribution >= 4 is 32.1 Å². The van der Waals surface area contributed by atoms with Crippen LogP contribution in [0, 0.1) is 6.92 Å². The molecule has 72 valence electrons. The zero-order valence-corrected chi connectivity index (χ0v) is 9.95. The minimum Gasteiger partial charge on any atom is -0.325 e. The van der Waals surface area contributed by atoms with E-state index in [1.807, 2.05) is 18.2 Å². The lowest BCUT2D eigenvalue weighted by molar-refractivity contribution is 1.45. The summed E-state index contributed by atoms with van der Waals surface area (Å²) < 4.78 is 2.11. The van der Waals surface area contributed by atoms with Crippen LogP contribution in [0.4, 0.5) is 11.4 Å². The first-order valence-corrected chi connectivity index (χ1v) is 5.82. The normalized spacial score (nSPS) is 10.1. The highest BCUT2D eigenvalue weighted by Crippen LogP contribution is 2.31. The van der Waals surface area contributed by atoms with Gasteiger partial charge in [-0.15, -0.1) is 11.3 Å². The summed E-state index contributed by atoms with van der Waals surface area (Å²) in [6.07, 6.45) is 0. The van der Waals surface area contributed by atoms with Crippen LogP contribution in [0.1, 0.15) is 4.88 Å². The smallest absolute Gasteiger partial charge is 0.0551 e. The van der Waals surface area contributed by atoms with Crippen molar-refractivity contribution in [3.8, 4) is 0 Å². The van der Waals surface area contributed by atoms with Gasteiger partial charge >= 0.3 is 0 Å². The molecule has 1 nitrogen and oxygen atoms in total. The Bertz CT molecular complexity index is 410. The van der Waals surface area contributed by atoms with Crippen LogP contribution in [0.15, 0.2) is 41.8 Å². The molecule has 1 heterocycles. The van der Waals surface area contributed by atoms with Crippen LogP contribution in [0.3, 0.4) is 0 Å². The molecule has 0 N–H and O–H groups in total. The first-order valence-electron chi connectivity index (χ1n) is 4.42. The molecule has 14 heavy (non-hydrogen) atoms. The zero-order valence-electron chi connectivity index (χ0n) is 7.97. The third kappa shape index (κ3) is 1.97. The van der Waals surface area contributed by atoms with E-state index in [0.717, 1.165) is 0 Å². The highest BCUT2D eigenvalue weighted by Gasteiger charge is 2.04. The molecule has 1 atom stereocenters. The van der Waals surface area contributed by atoms with Gasteiger partial charge in [0.1, 0.15) is 0 Å². The van der Waals surface area contributed by atoms with Crippen LogP contribution in [0.5, 0.6) is 0 Å². The van der Waals surface area contributed by atoms with Crippen molar-refractivity contribution in [2.45, 2.75) is 6.92 Å². The van der Waals surface area contributed by atoms with E-state index in [4.69, 9.17) is 0 Å². The molecule has 0 aliphatic carbocycles. The van der Waals surface area contributed by atoms with Gasteiger partial charge in [-0.1, -0.05) is 18.2 Å². The Labute approximate surface area is 90.6 Å². The summed E-state index contributed by atoms with van der Waals surface area (Å²) in [4.78, 5) is 1.34. The van der Waals surface area contributed by atoms with Crippen molar-refractivity contribution in [3.05, 3.63) is 46.7 Å². The molecule has 0 spiro atoms. The molecule has 0 amide bonds. The molecule has 0 saturated heterocycles. The van der Waals surface area contributed by atoms with Gasteiger partial charge in [-0.2, -0.15) is 0 Å². The Balaban J connectivity index is 2.29. The number of anilines is 2. The molecule has 0 bridgehead atoms. The van der Waals surface area contributed by atoms with E-state index in [9.17, 15) is 0 Å². The van der Waals surface area contributed by atoms with Gasteiger partial charge in [0, 0.05) is 15.9 Å². The van der Waals surface area contributed by atoms with Crippen LogP contribution in [0.25, 0.3) is 0 Å². The summed E-state index contributed by atoms with van der Waals surface area (Å²) in [6, 6.07) is 12.5. The van der Waals surface area contributed by atoms with Crippen LogP contribution >= 0.6 is 20.7 Å². The number of nitrogens with zero attached hydrogens (tertiary/aromatic N) is 1. The first-order chi connectivity index (χ1) is 6.77. The third-order valence-corrected chi connectivity index (χ3v) is 3.47. The quantitative estimate of drug-likeness (QED) is 0.693. The van der Waals surface area contributed by atoms with E-state index in [0.29, 0.717) is 0 Å². The van der Waals surface area contributed by atoms with E-state index < -0.39 is 0 Å². The lowest BCUT2D eigenvalue weighted by Gasteiger charge is -2.16. The van der Waals surface area contributed by atoms with Gasteiger partial charge in [-0.3, -0.25) is 0 Å². The summed E-state index contributed by atoms with van der Waals surface area (Å²) in [6.45, 7) is 2.12. The number of hydrogen-bond donors (Lipinski definition) is 0. The summed E-state index contributed by atoms with van der Waals surface area (Å²) >= 11 is 1.77. The second kappa shape index (κ2) is 4.12. The fourth-order valence-electron chi connectivity index (χ4n) is 1.29. The van der Waals surface area contributed by atoms with E-state index in [2.05, 4.69) is 44.6 Å². The van der Waals surface area contributed by atoms with E-state index in [1.54, 1.807) is 11.3 Å². The predicted molar refractivity (Wildman–Crippen MR) is 67.3 cm³/mol. The summed E-state index contributed by atoms with van der Waals surface area (Å²) in [5, 5.41) is 2.16. The summed E-state index contributed by atoms with van der Waals surface area (Å²) in [5.74, 6) is 0. The minimum atomic E-state index is 1.19. The lowest BCUT2D eigenvalue weighted by atomic mass is 10.3. The SMILES string of the molecule is Cc1cc(N(P)c2ccccc2)cs1. The standard InChI is InChI=1S/C11H12NPS/c1-9-7-11(8-14-9)12(13)10-5-3-2-4-6-10/h2-8H,13H2,1H3. The lowest BCUT2D eigenvalue weighted by Crippen LogP contribution is -1.98. The Kier molecular flexibility index (Phi) is 2.85. The number of hydrogen-bond acceptors (Lipinski definition) is 2. The Hall–Kier alpha value is -0.850. The van der Waals surface area contributed by atoms with E-state index in [1.165, 1.54) is 16.3 Å². The highest BCUT2D eigenvalue weighted by molar-refractivity contribution is 7.20. The van der Waals surface area contributed by atoms with Crippen molar-refractivity contribution < 1.29 is 0 Å². The van der Waals surface area contributed by atoms with Crippen molar-refractivity contribution in [2.75, 3.05) is 4.67 Å². The zero-order chi connectivity index (χ0) is 9.97. The maximum atomic E-state index is 2.74. The van der Waals surface area contributed by atoms with Crippen LogP contribution in [-0.2, 0) is 0 Å². The molecule has 2 aromatic rings. The molecule has 0 saturated carbocycles. The van der Waals surface area contributed by atoms with Crippen molar-refractivity contribution in [1.29, 1.82) is 0 Å². The topological polar surface area (TPSA) is 3.24 Å². The Morgan fingerprint density at radius 2 is 1.86 bits per heavy atom. The average Bonchev–Trinajstić information content (AvgIpc) is 2.65. The Morgan fingerprint density at radius 3 is 2.43 bits per heavy atom. The van der Waals surface area contributed by atoms with Crippen LogP contribution in [0.2, 0.25) is 0 Å². The van der Waals surface area contributed by atoms with Gasteiger partial charge in [0.05, 0.1) is 5.69 Å². The van der Waals surface area contributed by atoms with Gasteiger partial charge in [-0.25, -0.2) is 0 Å². The first kappa shape index (κ1) is 9.70. The fraction of sp³-hybridized carbons (Fsp3) is 0.0909. The maximum absolute atomic E-state index is 2.74. The van der Waals surface area contributed by atoms with Gasteiger partial charge in [0.25, 0.3) is 0 Å².